The van der Waals surface area contributed by atoms with Crippen LogP contribution < -0.4 is 0 Å². The minimum atomic E-state index is -9.08. The molecule has 0 saturated heterocycles. The van der Waals surface area contributed by atoms with Gasteiger partial charge in [0.05, 0.1) is 0 Å². The van der Waals surface area contributed by atoms with Gasteiger partial charge in [-0.3, -0.25) is 0 Å². The molecule has 0 aromatic carbocycles. The second kappa shape index (κ2) is 7.10. The van der Waals surface area contributed by atoms with E-state index in [0.29, 0.717) is 0 Å². The highest BCUT2D eigenvalue weighted by Gasteiger charge is 2.96. The SMILES string of the molecule is O=S(=O)([O-])C(F)(F)C(F)(F)C(F)(F)C(F)(F)C(F)(F)C(F)(F)C(F)(F)C(F)(F)S(=O)(=O)[O-]. The predicted molar refractivity (Wildman–Crippen MR) is 59.0 cm³/mol. The highest BCUT2D eigenvalue weighted by atomic mass is 32.2. The van der Waals surface area contributed by atoms with Gasteiger partial charge in [0.15, 0.2) is 20.2 Å². The van der Waals surface area contributed by atoms with Crippen LogP contribution >= 0.6 is 0 Å². The molecular formula is C8F16O6S2-2. The van der Waals surface area contributed by atoms with E-state index in [9.17, 15) is 96.2 Å². The van der Waals surface area contributed by atoms with Crippen LogP contribution in [0.3, 0.4) is 0 Å². The van der Waals surface area contributed by atoms with Gasteiger partial charge in [0.25, 0.3) is 0 Å². The summed E-state index contributed by atoms with van der Waals surface area (Å²) in [4.78, 5) is 0. The highest BCUT2D eigenvalue weighted by Crippen LogP contribution is 2.64. The summed E-state index contributed by atoms with van der Waals surface area (Å²) in [6.45, 7) is 0. The summed E-state index contributed by atoms with van der Waals surface area (Å²) in [5, 5.41) is -16.1. The molecule has 0 aliphatic rings. The summed E-state index contributed by atoms with van der Waals surface area (Å²) in [6, 6.07) is 0. The van der Waals surface area contributed by atoms with E-state index in [4.69, 9.17) is 0 Å². The molecule has 0 unspecified atom stereocenters. The Morgan fingerprint density at radius 1 is 0.344 bits per heavy atom. The van der Waals surface area contributed by atoms with Crippen molar-refractivity contribution < 1.29 is 96.2 Å². The van der Waals surface area contributed by atoms with E-state index in [2.05, 4.69) is 0 Å². The van der Waals surface area contributed by atoms with E-state index < -0.39 is 66.3 Å². The lowest BCUT2D eigenvalue weighted by Gasteiger charge is -2.43. The summed E-state index contributed by atoms with van der Waals surface area (Å²) in [6.07, 6.45) is 0. The molecule has 0 aliphatic carbocycles. The summed E-state index contributed by atoms with van der Waals surface area (Å²) in [5.74, 6) is -53.3. The first-order chi connectivity index (χ1) is 13.2. The number of hydrogen-bond acceptors (Lipinski definition) is 6. The van der Waals surface area contributed by atoms with Crippen molar-refractivity contribution in [3.8, 4) is 0 Å². The fourth-order valence-electron chi connectivity index (χ4n) is 1.47. The van der Waals surface area contributed by atoms with E-state index in [1.165, 1.54) is 0 Å². The van der Waals surface area contributed by atoms with Gasteiger partial charge in [0.2, 0.25) is 0 Å². The van der Waals surface area contributed by atoms with Crippen LogP contribution in [0.4, 0.5) is 70.2 Å². The largest absolute Gasteiger partial charge is 0.743 e. The molecule has 0 aromatic heterocycles. The molecule has 6 nitrogen and oxygen atoms in total. The fraction of sp³-hybridized carbons (Fsp3) is 1.00. The van der Waals surface area contributed by atoms with Crippen LogP contribution in [-0.4, -0.2) is 72.0 Å². The van der Waals surface area contributed by atoms with Gasteiger partial charge >= 0.3 is 46.0 Å². The minimum absolute atomic E-state index is 8.04. The molecule has 32 heavy (non-hydrogen) atoms. The maximum atomic E-state index is 13.2. The average Bonchev–Trinajstić information content (AvgIpc) is 2.51. The Balaban J connectivity index is 7.13. The van der Waals surface area contributed by atoms with Crippen LogP contribution in [0.25, 0.3) is 0 Å². The van der Waals surface area contributed by atoms with Gasteiger partial charge in [-0.25, -0.2) is 16.8 Å². The molecule has 0 N–H and O–H groups in total. The maximum absolute atomic E-state index is 13.2. The quantitative estimate of drug-likeness (QED) is 0.317. The van der Waals surface area contributed by atoms with Crippen molar-refractivity contribution in [1.29, 1.82) is 0 Å². The molecule has 0 fully saturated rings. The van der Waals surface area contributed by atoms with E-state index in [1.807, 2.05) is 0 Å². The van der Waals surface area contributed by atoms with E-state index in [1.54, 1.807) is 0 Å². The smallest absolute Gasteiger partial charge is 0.402 e. The molecule has 0 spiro atoms. The molecular weight excluding hydrogens is 560 g/mol. The molecule has 0 bridgehead atoms. The first kappa shape index (κ1) is 30.7. The van der Waals surface area contributed by atoms with Crippen molar-refractivity contribution >= 4 is 20.2 Å². The van der Waals surface area contributed by atoms with Crippen LogP contribution in [0.5, 0.6) is 0 Å². The molecule has 0 rings (SSSR count). The van der Waals surface area contributed by atoms with Gasteiger partial charge in [-0.15, -0.1) is 0 Å². The van der Waals surface area contributed by atoms with Crippen molar-refractivity contribution in [2.24, 2.45) is 0 Å². The second-order valence-corrected chi connectivity index (χ2v) is 8.23. The number of halogens is 16. The molecule has 0 aromatic rings. The molecule has 194 valence electrons. The Bertz CT molecular complexity index is 873. The highest BCUT2D eigenvalue weighted by molar-refractivity contribution is 7.87. The number of alkyl halides is 16. The van der Waals surface area contributed by atoms with Crippen LogP contribution in [0.2, 0.25) is 0 Å². The Kier molecular flexibility index (Phi) is 6.81. The second-order valence-electron chi connectivity index (χ2n) is 5.39. The van der Waals surface area contributed by atoms with Crippen LogP contribution in [0.15, 0.2) is 0 Å². The van der Waals surface area contributed by atoms with E-state index in [-0.39, 0.29) is 0 Å². The summed E-state index contributed by atoms with van der Waals surface area (Å²) in [5.41, 5.74) is 0. The van der Waals surface area contributed by atoms with E-state index in [0.717, 1.165) is 0 Å². The van der Waals surface area contributed by atoms with Crippen LogP contribution in [0, 0.1) is 0 Å². The van der Waals surface area contributed by atoms with Crippen LogP contribution in [0.1, 0.15) is 0 Å². The number of rotatable bonds is 9. The van der Waals surface area contributed by atoms with Gasteiger partial charge in [-0.1, -0.05) is 0 Å². The zero-order valence-corrected chi connectivity index (χ0v) is 14.9. The predicted octanol–water partition coefficient (Wildman–Crippen LogP) is 3.07. The van der Waals surface area contributed by atoms with Gasteiger partial charge in [0.1, 0.15) is 0 Å². The third-order valence-corrected chi connectivity index (χ3v) is 5.10. The summed E-state index contributed by atoms with van der Waals surface area (Å²) in [7, 11) is -16.4. The van der Waals surface area contributed by atoms with Crippen molar-refractivity contribution in [2.75, 3.05) is 0 Å². The molecule has 0 aliphatic heterocycles. The van der Waals surface area contributed by atoms with Gasteiger partial charge in [-0.2, -0.15) is 70.2 Å². The standard InChI is InChI=1S/C8H2F16O6S2/c9-1(10,3(13,14)5(17,18)7(21,22)31(25,26)27)2(11,12)4(15,16)6(19,20)8(23,24)32(28,29)30/h(H,25,26,27)(H,28,29,30)/p-2. The first-order valence-corrected chi connectivity index (χ1v) is 9.00. The van der Waals surface area contributed by atoms with Gasteiger partial charge < -0.3 is 9.11 Å². The topological polar surface area (TPSA) is 114 Å². The molecule has 0 heterocycles. The summed E-state index contributed by atoms with van der Waals surface area (Å²) < 4.78 is 268. The monoisotopic (exact) mass is 560 g/mol. The van der Waals surface area contributed by atoms with Crippen molar-refractivity contribution in [1.82, 2.24) is 0 Å². The maximum Gasteiger partial charge on any atom is 0.402 e. The molecule has 0 atom stereocenters. The number of hydrogen-bond donors (Lipinski definition) is 0. The lowest BCUT2D eigenvalue weighted by Crippen LogP contribution is -2.75. The third-order valence-electron chi connectivity index (χ3n) is 3.33. The Hall–Kier alpha value is -1.30. The Morgan fingerprint density at radius 3 is 0.594 bits per heavy atom. The fourth-order valence-corrected chi connectivity index (χ4v) is 2.35. The first-order valence-electron chi connectivity index (χ1n) is 6.18. The van der Waals surface area contributed by atoms with Crippen LogP contribution in [-0.2, 0) is 20.2 Å². The van der Waals surface area contributed by atoms with Crippen molar-refractivity contribution in [3.63, 3.8) is 0 Å². The lowest BCUT2D eigenvalue weighted by molar-refractivity contribution is -0.444. The van der Waals surface area contributed by atoms with Crippen molar-refractivity contribution in [2.45, 2.75) is 46.0 Å². The molecule has 0 radical (unpaired) electrons. The van der Waals surface area contributed by atoms with Crippen molar-refractivity contribution in [3.05, 3.63) is 0 Å². The summed E-state index contributed by atoms with van der Waals surface area (Å²) >= 11 is 0. The van der Waals surface area contributed by atoms with E-state index >= 15 is 0 Å². The molecule has 0 amide bonds. The Morgan fingerprint density at radius 2 is 0.469 bits per heavy atom. The van der Waals surface area contributed by atoms with Gasteiger partial charge in [0, 0.05) is 0 Å². The van der Waals surface area contributed by atoms with Gasteiger partial charge in [-0.05, 0) is 0 Å². The lowest BCUT2D eigenvalue weighted by atomic mass is 9.91. The normalized spacial score (nSPS) is 16.9. The third kappa shape index (κ3) is 3.47. The Labute approximate surface area is 163 Å². The molecule has 0 saturated carbocycles. The average molecular weight is 560 g/mol. The molecule has 24 heteroatoms. The minimum Gasteiger partial charge on any atom is -0.743 e. The zero-order valence-electron chi connectivity index (χ0n) is 13.3. The zero-order chi connectivity index (χ0) is 27.0.